The molecule has 2 aromatic carbocycles. The molecule has 38 heavy (non-hydrogen) atoms. The van der Waals surface area contributed by atoms with Crippen molar-refractivity contribution >= 4 is 51.5 Å². The van der Waals surface area contributed by atoms with Gasteiger partial charge in [0, 0.05) is 43.3 Å². The van der Waals surface area contributed by atoms with E-state index in [0.29, 0.717) is 41.6 Å². The number of methoxy groups -OCH3 is 1. The zero-order valence-electron chi connectivity index (χ0n) is 23.4. The number of anilines is 3. The minimum Gasteiger partial charge on any atom is -0.495 e. The lowest BCUT2D eigenvalue weighted by Gasteiger charge is -2.24. The molecule has 11 heteroatoms. The first-order valence-electron chi connectivity index (χ1n) is 12.3. The standard InChI is InChI=1S/C27H39N5O5S/c1-9-32(15-14-28-38(35)37-8)21-11-12-22(18(2)16-21)30-25(27(4,5)6)26(34)31-23-17-20(29-19(3)33)10-13-24(23)36-7/h10-13,16-17,28H,9,14-15H2,1-8H3,(H,29,33)(H,31,34). The average Bonchev–Trinajstić information content (AvgIpc) is 2.84. The highest BCUT2D eigenvalue weighted by atomic mass is 32.2. The third-order valence-corrected chi connectivity index (χ3v) is 6.35. The summed E-state index contributed by atoms with van der Waals surface area (Å²) in [5, 5.41) is 5.61. The van der Waals surface area contributed by atoms with Gasteiger partial charge in [-0.2, -0.15) is 0 Å². The summed E-state index contributed by atoms with van der Waals surface area (Å²) in [5.74, 6) is -0.123. The van der Waals surface area contributed by atoms with E-state index in [1.807, 2.05) is 52.8 Å². The summed E-state index contributed by atoms with van der Waals surface area (Å²) >= 11 is -1.51. The Hall–Kier alpha value is -3.28. The van der Waals surface area contributed by atoms with Gasteiger partial charge in [-0.1, -0.05) is 20.8 Å². The van der Waals surface area contributed by atoms with E-state index < -0.39 is 16.7 Å². The molecule has 1 atom stereocenters. The summed E-state index contributed by atoms with van der Waals surface area (Å²) < 4.78 is 24.4. The van der Waals surface area contributed by atoms with Crippen molar-refractivity contribution in [3.63, 3.8) is 0 Å². The summed E-state index contributed by atoms with van der Waals surface area (Å²) in [6.07, 6.45) is 0. The Labute approximate surface area is 228 Å². The van der Waals surface area contributed by atoms with Crippen LogP contribution in [-0.4, -0.2) is 55.6 Å². The van der Waals surface area contributed by atoms with Crippen molar-refractivity contribution in [2.45, 2.75) is 41.5 Å². The zero-order valence-corrected chi connectivity index (χ0v) is 24.2. The second kappa shape index (κ2) is 14.0. The topological polar surface area (TPSA) is 121 Å². The van der Waals surface area contributed by atoms with Gasteiger partial charge in [0.2, 0.25) is 17.2 Å². The molecule has 2 amide bonds. The van der Waals surface area contributed by atoms with Gasteiger partial charge in [-0.15, -0.1) is 0 Å². The van der Waals surface area contributed by atoms with Crippen LogP contribution in [0.15, 0.2) is 41.4 Å². The third-order valence-electron chi connectivity index (χ3n) is 5.61. The van der Waals surface area contributed by atoms with Gasteiger partial charge in [0.25, 0.3) is 5.91 Å². The van der Waals surface area contributed by atoms with E-state index in [1.165, 1.54) is 21.1 Å². The van der Waals surface area contributed by atoms with Crippen LogP contribution in [0.1, 0.15) is 40.2 Å². The van der Waals surface area contributed by atoms with Crippen LogP contribution in [0, 0.1) is 12.3 Å². The molecule has 0 aromatic heterocycles. The highest BCUT2D eigenvalue weighted by Crippen LogP contribution is 2.31. The lowest BCUT2D eigenvalue weighted by atomic mass is 9.89. The van der Waals surface area contributed by atoms with Crippen molar-refractivity contribution in [2.24, 2.45) is 10.4 Å². The van der Waals surface area contributed by atoms with E-state index >= 15 is 0 Å². The summed E-state index contributed by atoms with van der Waals surface area (Å²) in [7, 11) is 2.90. The first kappa shape index (κ1) is 30.9. The molecule has 0 aliphatic carbocycles. The molecule has 0 saturated heterocycles. The first-order valence-corrected chi connectivity index (χ1v) is 13.4. The molecule has 1 unspecified atom stereocenters. The molecule has 0 aliphatic heterocycles. The molecule has 208 valence electrons. The van der Waals surface area contributed by atoms with Gasteiger partial charge < -0.3 is 20.3 Å². The van der Waals surface area contributed by atoms with Gasteiger partial charge in [0.05, 0.1) is 25.6 Å². The Balaban J connectivity index is 2.34. The van der Waals surface area contributed by atoms with E-state index in [-0.39, 0.29) is 11.8 Å². The van der Waals surface area contributed by atoms with Crippen LogP contribution in [0.3, 0.4) is 0 Å². The Morgan fingerprint density at radius 3 is 2.34 bits per heavy atom. The van der Waals surface area contributed by atoms with E-state index in [4.69, 9.17) is 13.9 Å². The Kier molecular flexibility index (Phi) is 11.4. The molecule has 10 nitrogen and oxygen atoms in total. The van der Waals surface area contributed by atoms with Crippen LogP contribution < -0.4 is 25.0 Å². The highest BCUT2D eigenvalue weighted by Gasteiger charge is 2.27. The number of likely N-dealkylation sites (N-methyl/N-ethyl adjacent to an activating group) is 1. The summed E-state index contributed by atoms with van der Waals surface area (Å²) in [5.41, 5.74) is 3.34. The number of ether oxygens (including phenoxy) is 1. The van der Waals surface area contributed by atoms with Crippen LogP contribution >= 0.6 is 0 Å². The molecule has 0 radical (unpaired) electrons. The predicted molar refractivity (Wildman–Crippen MR) is 155 cm³/mol. The van der Waals surface area contributed by atoms with Crippen LogP contribution in [0.4, 0.5) is 22.7 Å². The highest BCUT2D eigenvalue weighted by molar-refractivity contribution is 7.78. The fourth-order valence-corrected chi connectivity index (χ4v) is 4.08. The number of nitrogens with one attached hydrogen (secondary N) is 3. The monoisotopic (exact) mass is 545 g/mol. The number of aliphatic imine (C=N–C) groups is 1. The Morgan fingerprint density at radius 2 is 1.79 bits per heavy atom. The van der Waals surface area contributed by atoms with E-state index in [2.05, 4.69) is 20.3 Å². The number of aryl methyl sites for hydroxylation is 1. The van der Waals surface area contributed by atoms with Gasteiger partial charge in [-0.3, -0.25) is 13.8 Å². The second-order valence-corrected chi connectivity index (χ2v) is 10.7. The normalized spacial score (nSPS) is 12.6. The second-order valence-electron chi connectivity index (χ2n) is 9.61. The number of rotatable bonds is 12. The quantitative estimate of drug-likeness (QED) is 0.341. The number of carbonyl (C=O) groups is 2. The molecule has 0 spiro atoms. The van der Waals surface area contributed by atoms with Crippen LogP contribution in [0.5, 0.6) is 5.75 Å². The maximum Gasteiger partial charge on any atom is 0.270 e. The lowest BCUT2D eigenvalue weighted by molar-refractivity contribution is -0.114. The van der Waals surface area contributed by atoms with Crippen LogP contribution in [-0.2, 0) is 25.0 Å². The minimum absolute atomic E-state index is 0.217. The van der Waals surface area contributed by atoms with Gasteiger partial charge in [-0.05, 0) is 55.8 Å². The predicted octanol–water partition coefficient (Wildman–Crippen LogP) is 4.36. The maximum absolute atomic E-state index is 13.5. The van der Waals surface area contributed by atoms with Crippen LogP contribution in [0.2, 0.25) is 0 Å². The molecule has 0 heterocycles. The van der Waals surface area contributed by atoms with Crippen molar-refractivity contribution in [3.05, 3.63) is 42.0 Å². The summed E-state index contributed by atoms with van der Waals surface area (Å²) in [6, 6.07) is 10.9. The number of benzene rings is 2. The fourth-order valence-electron chi connectivity index (χ4n) is 3.70. The van der Waals surface area contributed by atoms with Gasteiger partial charge in [0.15, 0.2) is 0 Å². The number of hydrogen-bond acceptors (Lipinski definition) is 7. The Bertz CT molecular complexity index is 1190. The van der Waals surface area contributed by atoms with Crippen molar-refractivity contribution in [1.82, 2.24) is 4.72 Å². The average molecular weight is 546 g/mol. The molecule has 3 N–H and O–H groups in total. The Morgan fingerprint density at radius 1 is 1.08 bits per heavy atom. The molecule has 0 saturated carbocycles. The van der Waals surface area contributed by atoms with Gasteiger partial charge in [0.1, 0.15) is 11.5 Å². The summed E-state index contributed by atoms with van der Waals surface area (Å²) in [4.78, 5) is 31.9. The van der Waals surface area contributed by atoms with Crippen molar-refractivity contribution in [1.29, 1.82) is 0 Å². The molecule has 2 aromatic rings. The zero-order chi connectivity index (χ0) is 28.5. The van der Waals surface area contributed by atoms with E-state index in [9.17, 15) is 13.8 Å². The number of nitrogens with zero attached hydrogens (tertiary/aromatic N) is 2. The molecular weight excluding hydrogens is 506 g/mol. The maximum atomic E-state index is 13.5. The van der Waals surface area contributed by atoms with Crippen molar-refractivity contribution in [2.75, 3.05) is 49.4 Å². The van der Waals surface area contributed by atoms with E-state index in [0.717, 1.165) is 17.8 Å². The van der Waals surface area contributed by atoms with E-state index in [1.54, 1.807) is 18.2 Å². The van der Waals surface area contributed by atoms with Gasteiger partial charge in [-0.25, -0.2) is 13.9 Å². The molecule has 0 aliphatic rings. The number of hydrogen-bond donors (Lipinski definition) is 3. The fraction of sp³-hybridized carbons (Fsp3) is 0.444. The molecule has 0 bridgehead atoms. The minimum atomic E-state index is -1.51. The van der Waals surface area contributed by atoms with Crippen molar-refractivity contribution in [3.8, 4) is 5.75 Å². The SMILES string of the molecule is CCN(CCNS(=O)OC)c1ccc(N=C(C(=O)Nc2cc(NC(C)=O)ccc2OC)C(C)(C)C)c(C)c1. The van der Waals surface area contributed by atoms with Crippen LogP contribution in [0.25, 0.3) is 0 Å². The smallest absolute Gasteiger partial charge is 0.270 e. The summed E-state index contributed by atoms with van der Waals surface area (Å²) in [6.45, 7) is 13.1. The van der Waals surface area contributed by atoms with Gasteiger partial charge >= 0.3 is 0 Å². The number of amides is 2. The van der Waals surface area contributed by atoms with Crippen molar-refractivity contribution < 1.29 is 22.7 Å². The first-order chi connectivity index (χ1) is 17.9. The number of carbonyl (C=O) groups excluding carboxylic acids is 2. The lowest BCUT2D eigenvalue weighted by Crippen LogP contribution is -2.34. The molecule has 2 rings (SSSR count). The third kappa shape index (κ3) is 8.93. The molecule has 0 fully saturated rings. The largest absolute Gasteiger partial charge is 0.495 e. The molecular formula is C27H39N5O5S.